The van der Waals surface area contributed by atoms with Crippen molar-refractivity contribution in [3.63, 3.8) is 0 Å². The van der Waals surface area contributed by atoms with Crippen LogP contribution >= 0.6 is 11.6 Å². The standard InChI is InChI=1S/C24H29ClF3N5O5S/c1-7-31-12-18(20(25)30-31)39(36,37)32-11-15(10-22(3,4)13-29)38-17-9-8-16(14(2)19(17)32)33(21(34)35)23(5,6)24(26,27)28/h8-9,12,15H,7,10-11H2,1-6H3,(H,34,35)/p-1/t15-/m1/s1. The molecule has 39 heavy (non-hydrogen) atoms. The lowest BCUT2D eigenvalue weighted by molar-refractivity contribution is -0.254. The molecule has 0 N–H and O–H groups in total. The number of halogens is 4. The molecular formula is C24H28ClF3N5O5S-. The Morgan fingerprint density at radius 2 is 1.92 bits per heavy atom. The van der Waals surface area contributed by atoms with Crippen LogP contribution in [0.5, 0.6) is 5.75 Å². The number of benzene rings is 1. The zero-order chi connectivity index (χ0) is 29.7. The van der Waals surface area contributed by atoms with Gasteiger partial charge in [-0.3, -0.25) is 8.99 Å². The summed E-state index contributed by atoms with van der Waals surface area (Å²) in [5.41, 5.74) is -4.54. The zero-order valence-electron chi connectivity index (χ0n) is 22.1. The summed E-state index contributed by atoms with van der Waals surface area (Å²) >= 11 is 6.16. The van der Waals surface area contributed by atoms with Gasteiger partial charge in [0.25, 0.3) is 10.0 Å². The van der Waals surface area contributed by atoms with Crippen LogP contribution in [-0.2, 0) is 16.6 Å². The Morgan fingerprint density at radius 1 is 1.31 bits per heavy atom. The third kappa shape index (κ3) is 5.47. The number of carbonyl (C=O) groups excluding carboxylic acids is 1. The van der Waals surface area contributed by atoms with Crippen molar-refractivity contribution in [2.75, 3.05) is 15.7 Å². The van der Waals surface area contributed by atoms with Gasteiger partial charge in [0, 0.05) is 30.4 Å². The SMILES string of the molecule is CCn1cc(S(=O)(=O)N2C[C@@H](CC(C)(C)C#N)Oc3ccc(N(C(=O)[O-])C(C)(C)C(F)(F)F)c(C)c32)c(Cl)n1. The molecule has 214 valence electrons. The normalized spacial score (nSPS) is 16.3. The highest BCUT2D eigenvalue weighted by Gasteiger charge is 2.53. The van der Waals surface area contributed by atoms with Crippen molar-refractivity contribution >= 4 is 39.1 Å². The minimum Gasteiger partial charge on any atom is -0.530 e. The number of aryl methyl sites for hydroxylation is 1. The van der Waals surface area contributed by atoms with E-state index in [1.807, 2.05) is 0 Å². The number of carbonyl (C=O) groups is 1. The number of aromatic nitrogens is 2. The quantitative estimate of drug-likeness (QED) is 0.471. The first-order chi connectivity index (χ1) is 17.8. The summed E-state index contributed by atoms with van der Waals surface area (Å²) < 4.78 is 77.8. The van der Waals surface area contributed by atoms with Crippen molar-refractivity contribution in [1.82, 2.24) is 9.78 Å². The first-order valence-electron chi connectivity index (χ1n) is 11.8. The predicted octanol–water partition coefficient (Wildman–Crippen LogP) is 4.25. The molecule has 1 aromatic heterocycles. The number of nitriles is 1. The van der Waals surface area contributed by atoms with E-state index >= 15 is 0 Å². The van der Waals surface area contributed by atoms with Gasteiger partial charge in [-0.15, -0.1) is 0 Å². The lowest BCUT2D eigenvalue weighted by Crippen LogP contribution is -2.61. The Labute approximate surface area is 229 Å². The maximum Gasteiger partial charge on any atom is 0.411 e. The molecule has 2 aromatic rings. The number of alkyl halides is 3. The highest BCUT2D eigenvalue weighted by atomic mass is 35.5. The number of fused-ring (bicyclic) bond motifs is 1. The van der Waals surface area contributed by atoms with Crippen molar-refractivity contribution in [3.8, 4) is 11.8 Å². The Morgan fingerprint density at radius 3 is 2.41 bits per heavy atom. The molecule has 15 heteroatoms. The fourth-order valence-electron chi connectivity index (χ4n) is 4.33. The van der Waals surface area contributed by atoms with E-state index in [1.54, 1.807) is 20.8 Å². The lowest BCUT2D eigenvalue weighted by Gasteiger charge is -2.44. The summed E-state index contributed by atoms with van der Waals surface area (Å²) in [4.78, 5) is 11.7. The van der Waals surface area contributed by atoms with Crippen LogP contribution in [0.1, 0.15) is 46.6 Å². The maximum atomic E-state index is 13.9. The zero-order valence-corrected chi connectivity index (χ0v) is 23.7. The summed E-state index contributed by atoms with van der Waals surface area (Å²) in [5.74, 6) is -0.0214. The van der Waals surface area contributed by atoms with Gasteiger partial charge >= 0.3 is 6.18 Å². The summed E-state index contributed by atoms with van der Waals surface area (Å²) in [6.07, 6.45) is -6.61. The summed E-state index contributed by atoms with van der Waals surface area (Å²) in [7, 11) is -4.49. The molecule has 0 fully saturated rings. The molecule has 1 atom stereocenters. The van der Waals surface area contributed by atoms with Gasteiger partial charge in [0.1, 0.15) is 28.4 Å². The summed E-state index contributed by atoms with van der Waals surface area (Å²) in [6, 6.07) is 4.43. The van der Waals surface area contributed by atoms with Gasteiger partial charge in [0.05, 0.1) is 23.7 Å². The van der Waals surface area contributed by atoms with Crippen LogP contribution in [0.2, 0.25) is 5.15 Å². The molecule has 0 saturated heterocycles. The molecule has 1 aliphatic rings. The molecule has 2 heterocycles. The summed E-state index contributed by atoms with van der Waals surface area (Å²) in [6.45, 7) is 7.64. The first kappa shape index (κ1) is 30.4. The van der Waals surface area contributed by atoms with E-state index in [4.69, 9.17) is 16.3 Å². The van der Waals surface area contributed by atoms with Crippen LogP contribution in [0.25, 0.3) is 0 Å². The van der Waals surface area contributed by atoms with E-state index in [9.17, 15) is 36.8 Å². The molecule has 1 aliphatic heterocycles. The first-order valence-corrected chi connectivity index (χ1v) is 13.7. The largest absolute Gasteiger partial charge is 0.530 e. The molecule has 0 saturated carbocycles. The number of amides is 1. The molecule has 1 amide bonds. The van der Waals surface area contributed by atoms with Crippen molar-refractivity contribution in [2.24, 2.45) is 5.41 Å². The fourth-order valence-corrected chi connectivity index (χ4v) is 6.35. The third-order valence-corrected chi connectivity index (χ3v) is 8.73. The topological polar surface area (TPSA) is 132 Å². The van der Waals surface area contributed by atoms with E-state index in [1.165, 1.54) is 23.9 Å². The molecule has 0 unspecified atom stereocenters. The second-order valence-corrected chi connectivity index (χ2v) is 12.5. The smallest absolute Gasteiger partial charge is 0.411 e. The van der Waals surface area contributed by atoms with E-state index < -0.39 is 45.0 Å². The van der Waals surface area contributed by atoms with Crippen LogP contribution < -0.4 is 19.0 Å². The van der Waals surface area contributed by atoms with E-state index in [0.717, 1.165) is 10.4 Å². The number of carboxylic acid groups (broad SMARTS) is 1. The molecule has 0 spiro atoms. The minimum absolute atomic E-state index is 0.0214. The average Bonchev–Trinajstić information content (AvgIpc) is 3.20. The molecule has 0 radical (unpaired) electrons. The van der Waals surface area contributed by atoms with E-state index in [-0.39, 0.29) is 44.9 Å². The second kappa shape index (κ2) is 10.1. The average molecular weight is 591 g/mol. The van der Waals surface area contributed by atoms with Gasteiger partial charge in [0.2, 0.25) is 0 Å². The highest BCUT2D eigenvalue weighted by molar-refractivity contribution is 7.93. The van der Waals surface area contributed by atoms with Crippen molar-refractivity contribution < 1.29 is 36.2 Å². The Bertz CT molecular complexity index is 1430. The molecular weight excluding hydrogens is 563 g/mol. The Hall–Kier alpha value is -3.18. The minimum atomic E-state index is -4.99. The molecule has 0 bridgehead atoms. The van der Waals surface area contributed by atoms with Gasteiger partial charge in [-0.25, -0.2) is 8.42 Å². The third-order valence-electron chi connectivity index (χ3n) is 6.57. The Kier molecular flexibility index (Phi) is 7.86. The monoisotopic (exact) mass is 590 g/mol. The van der Waals surface area contributed by atoms with Crippen LogP contribution in [0.3, 0.4) is 0 Å². The molecule has 10 nitrogen and oxygen atoms in total. The number of nitrogens with zero attached hydrogens (tertiary/aromatic N) is 5. The molecule has 0 aliphatic carbocycles. The van der Waals surface area contributed by atoms with E-state index in [0.29, 0.717) is 20.4 Å². The fraction of sp³-hybridized carbons (Fsp3) is 0.542. The van der Waals surface area contributed by atoms with Crippen LogP contribution in [0, 0.1) is 23.7 Å². The number of ether oxygens (including phenoxy) is 1. The number of rotatable bonds is 7. The van der Waals surface area contributed by atoms with Crippen LogP contribution in [-0.4, -0.2) is 48.7 Å². The van der Waals surface area contributed by atoms with Crippen molar-refractivity contribution in [3.05, 3.63) is 29.0 Å². The van der Waals surface area contributed by atoms with Crippen molar-refractivity contribution in [2.45, 2.75) is 77.2 Å². The van der Waals surface area contributed by atoms with Gasteiger partial charge in [-0.05, 0) is 53.7 Å². The van der Waals surface area contributed by atoms with Gasteiger partial charge in [0.15, 0.2) is 5.15 Å². The molecule has 1 aromatic carbocycles. The predicted molar refractivity (Wildman–Crippen MR) is 135 cm³/mol. The Balaban J connectivity index is 2.29. The maximum absolute atomic E-state index is 13.9. The van der Waals surface area contributed by atoms with Crippen molar-refractivity contribution in [1.29, 1.82) is 5.26 Å². The number of anilines is 2. The number of hydrogen-bond donors (Lipinski definition) is 0. The van der Waals surface area contributed by atoms with Crippen LogP contribution in [0.4, 0.5) is 29.3 Å². The van der Waals surface area contributed by atoms with Gasteiger partial charge in [-0.2, -0.15) is 23.5 Å². The van der Waals surface area contributed by atoms with Gasteiger partial charge < -0.3 is 19.5 Å². The van der Waals surface area contributed by atoms with Crippen LogP contribution in [0.15, 0.2) is 23.2 Å². The summed E-state index contributed by atoms with van der Waals surface area (Å²) in [5, 5.41) is 25.2. The highest BCUT2D eigenvalue weighted by Crippen LogP contribution is 2.47. The number of sulfonamides is 1. The molecule has 3 rings (SSSR count). The van der Waals surface area contributed by atoms with E-state index in [2.05, 4.69) is 11.2 Å². The van der Waals surface area contributed by atoms with Gasteiger partial charge in [-0.1, -0.05) is 11.6 Å². The second-order valence-electron chi connectivity index (χ2n) is 10.3. The number of hydrogen-bond acceptors (Lipinski definition) is 7. The lowest BCUT2D eigenvalue weighted by atomic mass is 9.88.